The fourth-order valence-electron chi connectivity index (χ4n) is 2.94. The zero-order valence-electron chi connectivity index (χ0n) is 14.6. The number of likely N-dealkylation sites (tertiary alicyclic amines) is 1. The molecule has 0 aromatic heterocycles. The van der Waals surface area contributed by atoms with E-state index >= 15 is 0 Å². The van der Waals surface area contributed by atoms with E-state index in [9.17, 15) is 14.0 Å². The van der Waals surface area contributed by atoms with Crippen molar-refractivity contribution in [3.05, 3.63) is 29.0 Å². The maximum atomic E-state index is 13.1. The number of carbonyl (C=O) groups is 2. The predicted octanol–water partition coefficient (Wildman–Crippen LogP) is 3.04. The second-order valence-electron chi connectivity index (χ2n) is 6.39. The smallest absolute Gasteiger partial charge is 0.241 e. The molecule has 1 aromatic rings. The van der Waals surface area contributed by atoms with E-state index in [-0.39, 0.29) is 28.8 Å². The monoisotopic (exact) mass is 369 g/mol. The van der Waals surface area contributed by atoms with Crippen LogP contribution in [0.3, 0.4) is 0 Å². The maximum Gasteiger partial charge on any atom is 0.241 e. The first-order valence-electron chi connectivity index (χ1n) is 8.70. The third kappa shape index (κ3) is 5.41. The highest BCUT2D eigenvalue weighted by molar-refractivity contribution is 6.33. The Labute approximate surface area is 152 Å². The van der Waals surface area contributed by atoms with Gasteiger partial charge < -0.3 is 10.6 Å². The molecule has 2 N–H and O–H groups in total. The van der Waals surface area contributed by atoms with Crippen LogP contribution in [0.1, 0.15) is 33.1 Å². The van der Waals surface area contributed by atoms with Crippen molar-refractivity contribution in [2.24, 2.45) is 5.92 Å². The van der Waals surface area contributed by atoms with Gasteiger partial charge in [-0.1, -0.05) is 18.5 Å². The number of benzene rings is 1. The van der Waals surface area contributed by atoms with E-state index in [1.807, 2.05) is 13.8 Å². The van der Waals surface area contributed by atoms with Crippen LogP contribution < -0.4 is 10.6 Å². The van der Waals surface area contributed by atoms with E-state index < -0.39 is 5.82 Å². The quantitative estimate of drug-likeness (QED) is 0.810. The van der Waals surface area contributed by atoms with E-state index in [4.69, 9.17) is 11.6 Å². The number of nitrogens with zero attached hydrogens (tertiary/aromatic N) is 1. The number of halogens is 2. The molecule has 0 saturated carbocycles. The van der Waals surface area contributed by atoms with Crippen LogP contribution in [-0.4, -0.2) is 42.4 Å². The lowest BCUT2D eigenvalue weighted by Gasteiger charge is -2.34. The molecule has 1 aliphatic heterocycles. The van der Waals surface area contributed by atoms with Gasteiger partial charge in [0.2, 0.25) is 11.8 Å². The first-order chi connectivity index (χ1) is 11.9. The van der Waals surface area contributed by atoms with Crippen LogP contribution in [0, 0.1) is 11.7 Å². The number of carbonyl (C=O) groups excluding carboxylic acids is 2. The molecular weight excluding hydrogens is 345 g/mol. The molecule has 0 radical (unpaired) electrons. The highest BCUT2D eigenvalue weighted by Crippen LogP contribution is 2.24. The molecule has 2 rings (SSSR count). The standard InChI is InChI=1S/C18H25ClFN3O2/c1-3-8-21-18(25)13-6-9-23(10-7-13)12(2)17(24)22-16-5-4-14(20)11-15(16)19/h4-5,11-13H,3,6-10H2,1-2H3,(H,21,25)(H,22,24)/t12-/m0/s1. The summed E-state index contributed by atoms with van der Waals surface area (Å²) in [7, 11) is 0. The Bertz CT molecular complexity index is 618. The zero-order chi connectivity index (χ0) is 18.4. The van der Waals surface area contributed by atoms with Crippen LogP contribution >= 0.6 is 11.6 Å². The minimum Gasteiger partial charge on any atom is -0.356 e. The summed E-state index contributed by atoms with van der Waals surface area (Å²) in [5.74, 6) is -0.511. The van der Waals surface area contributed by atoms with Crippen molar-refractivity contribution in [2.75, 3.05) is 25.0 Å². The third-order valence-corrected chi connectivity index (χ3v) is 4.88. The van der Waals surface area contributed by atoms with E-state index in [0.717, 1.165) is 19.3 Å². The van der Waals surface area contributed by atoms with Gasteiger partial charge in [-0.15, -0.1) is 0 Å². The summed E-state index contributed by atoms with van der Waals surface area (Å²) >= 11 is 5.95. The van der Waals surface area contributed by atoms with Gasteiger partial charge in [0.1, 0.15) is 5.82 Å². The summed E-state index contributed by atoms with van der Waals surface area (Å²) in [5.41, 5.74) is 0.397. The lowest BCUT2D eigenvalue weighted by molar-refractivity contribution is -0.127. The fourth-order valence-corrected chi connectivity index (χ4v) is 3.15. The second-order valence-corrected chi connectivity index (χ2v) is 6.80. The molecule has 2 amide bonds. The molecule has 0 unspecified atom stereocenters. The second kappa shape index (κ2) is 9.15. The first-order valence-corrected chi connectivity index (χ1v) is 9.07. The van der Waals surface area contributed by atoms with Crippen LogP contribution in [-0.2, 0) is 9.59 Å². The molecule has 1 aromatic carbocycles. The molecule has 1 atom stereocenters. The number of rotatable bonds is 6. The number of anilines is 1. The number of piperidine rings is 1. The minimum absolute atomic E-state index is 0.0182. The lowest BCUT2D eigenvalue weighted by atomic mass is 9.95. The summed E-state index contributed by atoms with van der Waals surface area (Å²) in [5, 5.41) is 5.84. The van der Waals surface area contributed by atoms with Gasteiger partial charge in [-0.2, -0.15) is 0 Å². The average molecular weight is 370 g/mol. The van der Waals surface area contributed by atoms with Crippen molar-refractivity contribution in [1.82, 2.24) is 10.2 Å². The molecule has 0 aliphatic carbocycles. The summed E-state index contributed by atoms with van der Waals surface area (Å²) in [6.45, 7) is 5.93. The topological polar surface area (TPSA) is 61.4 Å². The molecule has 1 aliphatic rings. The summed E-state index contributed by atoms with van der Waals surface area (Å²) in [6, 6.07) is 3.53. The fraction of sp³-hybridized carbons (Fsp3) is 0.556. The number of hydrogen-bond acceptors (Lipinski definition) is 3. The Morgan fingerprint density at radius 3 is 2.64 bits per heavy atom. The van der Waals surface area contributed by atoms with E-state index in [1.54, 1.807) is 0 Å². The average Bonchev–Trinajstić information content (AvgIpc) is 2.61. The maximum absolute atomic E-state index is 13.1. The van der Waals surface area contributed by atoms with Gasteiger partial charge >= 0.3 is 0 Å². The van der Waals surface area contributed by atoms with Crippen LogP contribution in [0.4, 0.5) is 10.1 Å². The summed E-state index contributed by atoms with van der Waals surface area (Å²) < 4.78 is 13.1. The molecule has 0 bridgehead atoms. The molecular formula is C18H25ClFN3O2. The van der Waals surface area contributed by atoms with Crippen LogP contribution in [0.25, 0.3) is 0 Å². The Kier molecular flexibility index (Phi) is 7.20. The third-order valence-electron chi connectivity index (χ3n) is 4.57. The van der Waals surface area contributed by atoms with Crippen LogP contribution in [0.2, 0.25) is 5.02 Å². The largest absolute Gasteiger partial charge is 0.356 e. The Hall–Kier alpha value is -1.66. The minimum atomic E-state index is -0.445. The van der Waals surface area contributed by atoms with Gasteiger partial charge in [-0.25, -0.2) is 4.39 Å². The number of amides is 2. The molecule has 1 heterocycles. The Morgan fingerprint density at radius 1 is 1.36 bits per heavy atom. The van der Waals surface area contributed by atoms with Gasteiger partial charge in [-0.3, -0.25) is 14.5 Å². The zero-order valence-corrected chi connectivity index (χ0v) is 15.4. The summed E-state index contributed by atoms with van der Waals surface area (Å²) in [6.07, 6.45) is 2.41. The summed E-state index contributed by atoms with van der Waals surface area (Å²) in [4.78, 5) is 26.5. The van der Waals surface area contributed by atoms with Crippen molar-refractivity contribution >= 4 is 29.1 Å². The highest BCUT2D eigenvalue weighted by Gasteiger charge is 2.29. The molecule has 7 heteroatoms. The van der Waals surface area contributed by atoms with Gasteiger partial charge in [0, 0.05) is 12.5 Å². The Balaban J connectivity index is 1.86. The van der Waals surface area contributed by atoms with E-state index in [2.05, 4.69) is 15.5 Å². The van der Waals surface area contributed by atoms with Crippen molar-refractivity contribution in [3.63, 3.8) is 0 Å². The molecule has 5 nitrogen and oxygen atoms in total. The molecule has 0 spiro atoms. The van der Waals surface area contributed by atoms with Crippen molar-refractivity contribution in [3.8, 4) is 0 Å². The molecule has 138 valence electrons. The number of nitrogens with one attached hydrogen (secondary N) is 2. The molecule has 25 heavy (non-hydrogen) atoms. The predicted molar refractivity (Wildman–Crippen MR) is 97.1 cm³/mol. The van der Waals surface area contributed by atoms with Crippen LogP contribution in [0.15, 0.2) is 18.2 Å². The molecule has 1 saturated heterocycles. The van der Waals surface area contributed by atoms with Gasteiger partial charge in [0.25, 0.3) is 0 Å². The lowest BCUT2D eigenvalue weighted by Crippen LogP contribution is -2.48. The van der Waals surface area contributed by atoms with Gasteiger partial charge in [-0.05, 0) is 57.5 Å². The van der Waals surface area contributed by atoms with E-state index in [1.165, 1.54) is 18.2 Å². The van der Waals surface area contributed by atoms with E-state index in [0.29, 0.717) is 25.3 Å². The van der Waals surface area contributed by atoms with Crippen molar-refractivity contribution in [2.45, 2.75) is 39.2 Å². The first kappa shape index (κ1) is 19.7. The van der Waals surface area contributed by atoms with Gasteiger partial charge in [0.15, 0.2) is 0 Å². The number of hydrogen-bond donors (Lipinski definition) is 2. The molecule has 1 fully saturated rings. The Morgan fingerprint density at radius 2 is 2.04 bits per heavy atom. The van der Waals surface area contributed by atoms with Crippen molar-refractivity contribution < 1.29 is 14.0 Å². The normalized spacial score (nSPS) is 17.1. The van der Waals surface area contributed by atoms with Crippen LogP contribution in [0.5, 0.6) is 0 Å². The SMILES string of the molecule is CCCNC(=O)C1CCN([C@@H](C)C(=O)Nc2ccc(F)cc2Cl)CC1. The van der Waals surface area contributed by atoms with Crippen molar-refractivity contribution in [1.29, 1.82) is 0 Å². The highest BCUT2D eigenvalue weighted by atomic mass is 35.5. The van der Waals surface area contributed by atoms with Gasteiger partial charge in [0.05, 0.1) is 16.8 Å².